The molecule has 2 saturated heterocycles. The molecular formula is C18H26N2O3. The molecule has 2 aliphatic heterocycles. The highest BCUT2D eigenvalue weighted by atomic mass is 16.5. The van der Waals surface area contributed by atoms with E-state index in [4.69, 9.17) is 9.47 Å². The number of nitrogens with zero attached hydrogens (tertiary/aromatic N) is 2. The molecule has 23 heavy (non-hydrogen) atoms. The second kappa shape index (κ2) is 6.13. The zero-order valence-electron chi connectivity index (χ0n) is 14.5. The Kier molecular flexibility index (Phi) is 4.34. The highest BCUT2D eigenvalue weighted by Gasteiger charge is 2.37. The summed E-state index contributed by atoms with van der Waals surface area (Å²) in [6.07, 6.45) is 0. The Morgan fingerprint density at radius 1 is 1.35 bits per heavy atom. The summed E-state index contributed by atoms with van der Waals surface area (Å²) >= 11 is 0. The van der Waals surface area contributed by atoms with Crippen LogP contribution in [0.5, 0.6) is 0 Å². The highest BCUT2D eigenvalue weighted by Crippen LogP contribution is 2.28. The van der Waals surface area contributed by atoms with Crippen molar-refractivity contribution in [2.24, 2.45) is 0 Å². The molecule has 0 N–H and O–H groups in total. The Bertz CT molecular complexity index is 594. The van der Waals surface area contributed by atoms with Gasteiger partial charge in [0, 0.05) is 37.9 Å². The Morgan fingerprint density at radius 2 is 2.09 bits per heavy atom. The number of carbonyl (C=O) groups excluding carboxylic acids is 1. The number of esters is 1. The maximum absolute atomic E-state index is 11.8. The standard InChI is InChI=1S/C18H26N2O3/c1-13-5-6-14(9-16(13)17(21)22-4)20-10-15(11-20)19-7-8-23-18(2,3)12-19/h5-6,9,15H,7-8,10-12H2,1-4H3. The van der Waals surface area contributed by atoms with Gasteiger partial charge < -0.3 is 14.4 Å². The first-order valence-electron chi connectivity index (χ1n) is 8.21. The monoisotopic (exact) mass is 318 g/mol. The molecule has 126 valence electrons. The number of rotatable bonds is 3. The van der Waals surface area contributed by atoms with Crippen molar-refractivity contribution < 1.29 is 14.3 Å². The van der Waals surface area contributed by atoms with E-state index in [1.807, 2.05) is 19.1 Å². The zero-order chi connectivity index (χ0) is 16.6. The van der Waals surface area contributed by atoms with Crippen molar-refractivity contribution in [3.63, 3.8) is 0 Å². The molecule has 0 radical (unpaired) electrons. The summed E-state index contributed by atoms with van der Waals surface area (Å²) in [6.45, 7) is 11.0. The maximum atomic E-state index is 11.8. The van der Waals surface area contributed by atoms with Crippen molar-refractivity contribution in [3.8, 4) is 0 Å². The Labute approximate surface area is 138 Å². The number of aryl methyl sites for hydroxylation is 1. The summed E-state index contributed by atoms with van der Waals surface area (Å²) in [7, 11) is 1.42. The van der Waals surface area contributed by atoms with Crippen LogP contribution in [-0.4, -0.2) is 62.4 Å². The topological polar surface area (TPSA) is 42.0 Å². The van der Waals surface area contributed by atoms with Crippen LogP contribution in [0.25, 0.3) is 0 Å². The molecule has 1 aromatic rings. The number of benzene rings is 1. The smallest absolute Gasteiger partial charge is 0.338 e. The maximum Gasteiger partial charge on any atom is 0.338 e. The number of morpholine rings is 1. The van der Waals surface area contributed by atoms with E-state index in [0.717, 1.165) is 44.0 Å². The first-order valence-corrected chi connectivity index (χ1v) is 8.21. The number of ether oxygens (including phenoxy) is 2. The molecule has 0 amide bonds. The predicted molar refractivity (Wildman–Crippen MR) is 90.1 cm³/mol. The van der Waals surface area contributed by atoms with E-state index in [0.29, 0.717) is 11.6 Å². The van der Waals surface area contributed by atoms with Crippen LogP contribution < -0.4 is 4.90 Å². The van der Waals surface area contributed by atoms with Gasteiger partial charge in [-0.1, -0.05) is 6.07 Å². The van der Waals surface area contributed by atoms with Gasteiger partial charge in [0.05, 0.1) is 24.9 Å². The van der Waals surface area contributed by atoms with Crippen molar-refractivity contribution in [2.75, 3.05) is 44.8 Å². The fraction of sp³-hybridized carbons (Fsp3) is 0.611. The van der Waals surface area contributed by atoms with E-state index >= 15 is 0 Å². The van der Waals surface area contributed by atoms with E-state index in [-0.39, 0.29) is 11.6 Å². The van der Waals surface area contributed by atoms with E-state index in [2.05, 4.69) is 29.7 Å². The van der Waals surface area contributed by atoms with Gasteiger partial charge in [0.15, 0.2) is 0 Å². The molecule has 0 aromatic heterocycles. The quantitative estimate of drug-likeness (QED) is 0.798. The molecule has 2 heterocycles. The number of carbonyl (C=O) groups is 1. The van der Waals surface area contributed by atoms with Gasteiger partial charge in [0.1, 0.15) is 0 Å². The minimum atomic E-state index is -0.267. The molecular weight excluding hydrogens is 292 g/mol. The molecule has 3 rings (SSSR count). The number of hydrogen-bond donors (Lipinski definition) is 0. The third-order valence-corrected chi connectivity index (χ3v) is 4.83. The van der Waals surface area contributed by atoms with Gasteiger partial charge in [-0.2, -0.15) is 0 Å². The van der Waals surface area contributed by atoms with Gasteiger partial charge in [-0.25, -0.2) is 4.79 Å². The van der Waals surface area contributed by atoms with Crippen molar-refractivity contribution in [1.82, 2.24) is 4.90 Å². The van der Waals surface area contributed by atoms with Crippen molar-refractivity contribution in [2.45, 2.75) is 32.4 Å². The molecule has 0 atom stereocenters. The lowest BCUT2D eigenvalue weighted by Gasteiger charge is -2.50. The van der Waals surface area contributed by atoms with Gasteiger partial charge in [-0.3, -0.25) is 4.90 Å². The molecule has 0 saturated carbocycles. The fourth-order valence-corrected chi connectivity index (χ4v) is 3.40. The van der Waals surface area contributed by atoms with Gasteiger partial charge in [-0.15, -0.1) is 0 Å². The molecule has 2 aliphatic rings. The summed E-state index contributed by atoms with van der Waals surface area (Å²) in [5.41, 5.74) is 2.65. The third-order valence-electron chi connectivity index (χ3n) is 4.83. The molecule has 0 bridgehead atoms. The van der Waals surface area contributed by atoms with E-state index in [1.165, 1.54) is 7.11 Å². The van der Waals surface area contributed by atoms with E-state index in [1.54, 1.807) is 0 Å². The van der Waals surface area contributed by atoms with Crippen molar-refractivity contribution in [1.29, 1.82) is 0 Å². The summed E-state index contributed by atoms with van der Waals surface area (Å²) in [4.78, 5) is 16.7. The van der Waals surface area contributed by atoms with Gasteiger partial charge in [-0.05, 0) is 38.5 Å². The number of hydrogen-bond acceptors (Lipinski definition) is 5. The van der Waals surface area contributed by atoms with E-state index < -0.39 is 0 Å². The number of methoxy groups -OCH3 is 1. The van der Waals surface area contributed by atoms with Gasteiger partial charge in [0.2, 0.25) is 0 Å². The molecule has 2 fully saturated rings. The molecule has 0 spiro atoms. The normalized spacial score (nSPS) is 21.8. The van der Waals surface area contributed by atoms with Crippen LogP contribution >= 0.6 is 0 Å². The number of anilines is 1. The second-order valence-electron chi connectivity index (χ2n) is 7.13. The van der Waals surface area contributed by atoms with Crippen LogP contribution in [0, 0.1) is 6.92 Å². The molecule has 5 nitrogen and oxygen atoms in total. The molecule has 5 heteroatoms. The first-order chi connectivity index (χ1) is 10.9. The molecule has 0 aliphatic carbocycles. The lowest BCUT2D eigenvalue weighted by Crippen LogP contribution is -2.64. The molecule has 0 unspecified atom stereocenters. The summed E-state index contributed by atoms with van der Waals surface area (Å²) in [5.74, 6) is -0.267. The lowest BCUT2D eigenvalue weighted by atomic mass is 9.99. The van der Waals surface area contributed by atoms with Crippen LogP contribution in [0.2, 0.25) is 0 Å². The first kappa shape index (κ1) is 16.3. The molecule has 1 aromatic carbocycles. The summed E-state index contributed by atoms with van der Waals surface area (Å²) < 4.78 is 10.6. The Morgan fingerprint density at radius 3 is 2.74 bits per heavy atom. The summed E-state index contributed by atoms with van der Waals surface area (Å²) in [5, 5.41) is 0. The average molecular weight is 318 g/mol. The second-order valence-corrected chi connectivity index (χ2v) is 7.13. The zero-order valence-corrected chi connectivity index (χ0v) is 14.5. The Balaban J connectivity index is 1.64. The SMILES string of the molecule is COC(=O)c1cc(N2CC(N3CCOC(C)(C)C3)C2)ccc1C. The predicted octanol–water partition coefficient (Wildman–Crippen LogP) is 2.08. The Hall–Kier alpha value is -1.59. The lowest BCUT2D eigenvalue weighted by molar-refractivity contribution is -0.0994. The van der Waals surface area contributed by atoms with Gasteiger partial charge >= 0.3 is 5.97 Å². The third kappa shape index (κ3) is 3.35. The summed E-state index contributed by atoms with van der Waals surface area (Å²) in [6, 6.07) is 6.59. The van der Waals surface area contributed by atoms with E-state index in [9.17, 15) is 4.79 Å². The van der Waals surface area contributed by atoms with Crippen molar-refractivity contribution >= 4 is 11.7 Å². The van der Waals surface area contributed by atoms with Crippen LogP contribution in [0.1, 0.15) is 29.8 Å². The average Bonchev–Trinajstić information content (AvgIpc) is 2.45. The van der Waals surface area contributed by atoms with Gasteiger partial charge in [0.25, 0.3) is 0 Å². The largest absolute Gasteiger partial charge is 0.465 e. The van der Waals surface area contributed by atoms with Crippen LogP contribution in [0.4, 0.5) is 5.69 Å². The fourth-order valence-electron chi connectivity index (χ4n) is 3.40. The highest BCUT2D eigenvalue weighted by molar-refractivity contribution is 5.92. The van der Waals surface area contributed by atoms with Crippen LogP contribution in [0.3, 0.4) is 0 Å². The van der Waals surface area contributed by atoms with Crippen LogP contribution in [-0.2, 0) is 9.47 Å². The minimum Gasteiger partial charge on any atom is -0.465 e. The van der Waals surface area contributed by atoms with Crippen molar-refractivity contribution in [3.05, 3.63) is 29.3 Å². The van der Waals surface area contributed by atoms with Crippen LogP contribution in [0.15, 0.2) is 18.2 Å². The minimum absolute atomic E-state index is 0.0550.